The lowest BCUT2D eigenvalue weighted by molar-refractivity contribution is -0.137. The SMILES string of the molecule is N#Cc1ccc2c(c1Cc1ccc(O)cc1)CC[C@H]2Oc1ccc2c(c1)OCC2CC(=O)O. The number of carbonyl (C=O) groups is 1. The van der Waals surface area contributed by atoms with E-state index in [-0.39, 0.29) is 24.2 Å². The summed E-state index contributed by atoms with van der Waals surface area (Å²) in [5.41, 5.74) is 5.87. The molecule has 6 nitrogen and oxygen atoms in total. The molecule has 2 aliphatic rings. The van der Waals surface area contributed by atoms with Crippen LogP contribution in [0.3, 0.4) is 0 Å². The van der Waals surface area contributed by atoms with Gasteiger partial charge in [0.05, 0.1) is 24.7 Å². The van der Waals surface area contributed by atoms with Crippen molar-refractivity contribution >= 4 is 5.97 Å². The summed E-state index contributed by atoms with van der Waals surface area (Å²) in [6, 6.07) is 18.9. The normalized spacial score (nSPS) is 18.2. The molecule has 1 unspecified atom stereocenters. The highest BCUT2D eigenvalue weighted by atomic mass is 16.5. The number of nitriles is 1. The van der Waals surface area contributed by atoms with Gasteiger partial charge in [0.2, 0.25) is 0 Å². The zero-order valence-electron chi connectivity index (χ0n) is 18.0. The average molecular weight is 441 g/mol. The van der Waals surface area contributed by atoms with Gasteiger partial charge in [0.15, 0.2) is 0 Å². The molecule has 1 aliphatic heterocycles. The number of phenolic OH excluding ortho intramolecular Hbond substituents is 1. The molecule has 6 heteroatoms. The highest BCUT2D eigenvalue weighted by molar-refractivity contribution is 5.68. The van der Waals surface area contributed by atoms with Gasteiger partial charge in [-0.25, -0.2) is 0 Å². The predicted octanol–water partition coefficient (Wildman–Crippen LogP) is 4.87. The second-order valence-electron chi connectivity index (χ2n) is 8.57. The fourth-order valence-electron chi connectivity index (χ4n) is 4.86. The van der Waals surface area contributed by atoms with Gasteiger partial charge in [-0.1, -0.05) is 24.3 Å². The van der Waals surface area contributed by atoms with E-state index >= 15 is 0 Å². The molecule has 33 heavy (non-hydrogen) atoms. The molecule has 0 bridgehead atoms. The van der Waals surface area contributed by atoms with Gasteiger partial charge in [0.1, 0.15) is 23.4 Å². The van der Waals surface area contributed by atoms with Gasteiger partial charge in [-0.3, -0.25) is 4.79 Å². The minimum absolute atomic E-state index is 0.0498. The number of hydrogen-bond donors (Lipinski definition) is 2. The Morgan fingerprint density at radius 1 is 1.12 bits per heavy atom. The third kappa shape index (κ3) is 4.10. The van der Waals surface area contributed by atoms with Crippen LogP contribution in [0.15, 0.2) is 54.6 Å². The van der Waals surface area contributed by atoms with Crippen molar-refractivity contribution in [2.24, 2.45) is 0 Å². The third-order valence-electron chi connectivity index (χ3n) is 6.47. The maximum atomic E-state index is 11.1. The number of ether oxygens (including phenoxy) is 2. The smallest absolute Gasteiger partial charge is 0.304 e. The van der Waals surface area contributed by atoms with Crippen LogP contribution < -0.4 is 9.47 Å². The van der Waals surface area contributed by atoms with Crippen LogP contribution >= 0.6 is 0 Å². The van der Waals surface area contributed by atoms with Crippen LogP contribution in [0.2, 0.25) is 0 Å². The Hall–Kier alpha value is -3.98. The van der Waals surface area contributed by atoms with E-state index < -0.39 is 5.97 Å². The summed E-state index contributed by atoms with van der Waals surface area (Å²) in [6.45, 7) is 0.370. The van der Waals surface area contributed by atoms with E-state index in [0.29, 0.717) is 30.1 Å². The van der Waals surface area contributed by atoms with Crippen molar-refractivity contribution in [3.8, 4) is 23.3 Å². The van der Waals surface area contributed by atoms with Gasteiger partial charge in [0.25, 0.3) is 0 Å². The van der Waals surface area contributed by atoms with Crippen LogP contribution in [-0.4, -0.2) is 22.8 Å². The van der Waals surface area contributed by atoms with E-state index in [0.717, 1.165) is 40.7 Å². The third-order valence-corrected chi connectivity index (χ3v) is 6.47. The molecule has 0 aromatic heterocycles. The van der Waals surface area contributed by atoms with Crippen LogP contribution in [0, 0.1) is 11.3 Å². The molecule has 0 spiro atoms. The van der Waals surface area contributed by atoms with Crippen molar-refractivity contribution < 1.29 is 24.5 Å². The standard InChI is InChI=1S/C27H23NO5/c28-14-17-3-7-23-22(24(17)11-16-1-4-19(29)5-2-16)9-10-25(23)33-20-6-8-21-18(12-27(30)31)15-32-26(21)13-20/h1-8,13,18,25,29H,9-12,15H2,(H,30,31)/t18?,25-/m1/s1. The number of rotatable bonds is 6. The van der Waals surface area contributed by atoms with Crippen molar-refractivity contribution in [2.45, 2.75) is 37.7 Å². The molecule has 0 radical (unpaired) electrons. The van der Waals surface area contributed by atoms with Crippen LogP contribution in [-0.2, 0) is 17.6 Å². The largest absolute Gasteiger partial charge is 0.508 e. The molecule has 166 valence electrons. The molecule has 1 heterocycles. The molecule has 1 aliphatic carbocycles. The number of carboxylic acid groups (broad SMARTS) is 1. The summed E-state index contributed by atoms with van der Waals surface area (Å²) in [4.78, 5) is 11.1. The van der Waals surface area contributed by atoms with Gasteiger partial charge in [-0.15, -0.1) is 0 Å². The Balaban J connectivity index is 1.39. The van der Waals surface area contributed by atoms with Crippen LogP contribution in [0.1, 0.15) is 58.2 Å². The van der Waals surface area contributed by atoms with E-state index in [9.17, 15) is 15.2 Å². The minimum Gasteiger partial charge on any atom is -0.508 e. The molecule has 0 saturated carbocycles. The average Bonchev–Trinajstić information content (AvgIpc) is 3.39. The van der Waals surface area contributed by atoms with Crippen molar-refractivity contribution in [2.75, 3.05) is 6.61 Å². The van der Waals surface area contributed by atoms with E-state index in [4.69, 9.17) is 14.6 Å². The lowest BCUT2D eigenvalue weighted by atomic mass is 9.92. The molecule has 0 saturated heterocycles. The van der Waals surface area contributed by atoms with Gasteiger partial charge in [0, 0.05) is 17.5 Å². The van der Waals surface area contributed by atoms with Crippen molar-refractivity contribution in [1.29, 1.82) is 5.26 Å². The maximum Gasteiger partial charge on any atom is 0.304 e. The first-order valence-corrected chi connectivity index (χ1v) is 11.0. The molecule has 0 amide bonds. The van der Waals surface area contributed by atoms with E-state index in [1.54, 1.807) is 12.1 Å². The molecule has 5 rings (SSSR count). The van der Waals surface area contributed by atoms with Crippen molar-refractivity contribution in [3.63, 3.8) is 0 Å². The fraction of sp³-hybridized carbons (Fsp3) is 0.259. The highest BCUT2D eigenvalue weighted by Gasteiger charge is 2.30. The van der Waals surface area contributed by atoms with Crippen LogP contribution in [0.25, 0.3) is 0 Å². The first-order valence-electron chi connectivity index (χ1n) is 11.0. The highest BCUT2D eigenvalue weighted by Crippen LogP contribution is 2.42. The molecule has 2 atom stereocenters. The zero-order valence-corrected chi connectivity index (χ0v) is 18.0. The molecular formula is C27H23NO5. The summed E-state index contributed by atoms with van der Waals surface area (Å²) in [5, 5.41) is 28.3. The van der Waals surface area contributed by atoms with Crippen LogP contribution in [0.4, 0.5) is 0 Å². The van der Waals surface area contributed by atoms with Gasteiger partial charge in [-0.05, 0) is 65.8 Å². The minimum atomic E-state index is -0.834. The van der Waals surface area contributed by atoms with Crippen LogP contribution in [0.5, 0.6) is 17.2 Å². The summed E-state index contributed by atoms with van der Waals surface area (Å²) < 4.78 is 12.0. The molecule has 3 aromatic rings. The summed E-state index contributed by atoms with van der Waals surface area (Å²) in [6.07, 6.45) is 2.18. The Morgan fingerprint density at radius 3 is 2.67 bits per heavy atom. The zero-order chi connectivity index (χ0) is 22.9. The number of phenols is 1. The summed E-state index contributed by atoms with van der Waals surface area (Å²) in [7, 11) is 0. The number of fused-ring (bicyclic) bond motifs is 2. The monoisotopic (exact) mass is 441 g/mol. The summed E-state index contributed by atoms with van der Waals surface area (Å²) >= 11 is 0. The fourth-order valence-corrected chi connectivity index (χ4v) is 4.86. The topological polar surface area (TPSA) is 99.8 Å². The predicted molar refractivity (Wildman–Crippen MR) is 121 cm³/mol. The molecule has 0 fully saturated rings. The number of aliphatic carboxylic acids is 1. The molecule has 3 aromatic carbocycles. The Kier molecular flexibility index (Phi) is 5.39. The van der Waals surface area contributed by atoms with Crippen molar-refractivity contribution in [1.82, 2.24) is 0 Å². The maximum absolute atomic E-state index is 11.1. The first-order chi connectivity index (χ1) is 16.0. The Bertz CT molecular complexity index is 1260. The lowest BCUT2D eigenvalue weighted by Gasteiger charge is -2.17. The Morgan fingerprint density at radius 2 is 1.91 bits per heavy atom. The second-order valence-corrected chi connectivity index (χ2v) is 8.57. The number of carboxylic acids is 1. The summed E-state index contributed by atoms with van der Waals surface area (Å²) in [5.74, 6) is 0.625. The quantitative estimate of drug-likeness (QED) is 0.566. The number of aromatic hydroxyl groups is 1. The lowest BCUT2D eigenvalue weighted by Crippen LogP contribution is -2.07. The molecule has 2 N–H and O–H groups in total. The molecular weight excluding hydrogens is 418 g/mol. The number of nitrogens with zero attached hydrogens (tertiary/aromatic N) is 1. The van der Waals surface area contributed by atoms with Gasteiger partial charge >= 0.3 is 5.97 Å². The number of hydrogen-bond acceptors (Lipinski definition) is 5. The van der Waals surface area contributed by atoms with Gasteiger partial charge in [-0.2, -0.15) is 5.26 Å². The van der Waals surface area contributed by atoms with E-state index in [2.05, 4.69) is 6.07 Å². The Labute approximate surface area is 191 Å². The van der Waals surface area contributed by atoms with E-state index in [1.165, 1.54) is 0 Å². The van der Waals surface area contributed by atoms with Gasteiger partial charge < -0.3 is 19.7 Å². The first kappa shape index (κ1) is 20.9. The second kappa shape index (κ2) is 8.51. The number of benzene rings is 3. The van der Waals surface area contributed by atoms with E-state index in [1.807, 2.05) is 42.5 Å². The van der Waals surface area contributed by atoms with Crippen molar-refractivity contribution in [3.05, 3.63) is 88.0 Å².